The third-order valence-corrected chi connectivity index (χ3v) is 6.43. The summed E-state index contributed by atoms with van der Waals surface area (Å²) in [7, 11) is 1.68. The molecule has 0 aliphatic heterocycles. The summed E-state index contributed by atoms with van der Waals surface area (Å²) >= 11 is 0. The number of rotatable bonds is 8. The van der Waals surface area contributed by atoms with Crippen LogP contribution in [0.4, 0.5) is 0 Å². The Labute approximate surface area is 204 Å². The second-order valence-electron chi connectivity index (χ2n) is 8.82. The van der Waals surface area contributed by atoms with Crippen LogP contribution in [0.5, 0.6) is 5.75 Å². The van der Waals surface area contributed by atoms with Crippen LogP contribution in [-0.4, -0.2) is 42.3 Å². The molecule has 1 N–H and O–H groups in total. The van der Waals surface area contributed by atoms with Crippen molar-refractivity contribution in [1.82, 2.24) is 35.2 Å². The number of fused-ring (bicyclic) bond motifs is 1. The van der Waals surface area contributed by atoms with Crippen molar-refractivity contribution in [3.63, 3.8) is 0 Å². The number of methoxy groups -OCH3 is 1. The Hall–Kier alpha value is -4.07. The van der Waals surface area contributed by atoms with Crippen LogP contribution in [0.25, 0.3) is 11.2 Å². The van der Waals surface area contributed by atoms with Crippen LogP contribution in [0.15, 0.2) is 54.6 Å². The summed E-state index contributed by atoms with van der Waals surface area (Å²) in [6, 6.07) is 19.0. The Morgan fingerprint density at radius 1 is 0.971 bits per heavy atom. The van der Waals surface area contributed by atoms with E-state index in [1.165, 1.54) is 22.3 Å². The molecule has 2 aromatic carbocycles. The number of aromatic amines is 1. The van der Waals surface area contributed by atoms with Gasteiger partial charge in [-0.25, -0.2) is 9.97 Å². The summed E-state index contributed by atoms with van der Waals surface area (Å²) in [6.07, 6.45) is 1.51. The van der Waals surface area contributed by atoms with Crippen molar-refractivity contribution < 1.29 is 4.74 Å². The molecule has 1 unspecified atom stereocenters. The molecule has 0 amide bonds. The first-order chi connectivity index (χ1) is 17.1. The van der Waals surface area contributed by atoms with Crippen molar-refractivity contribution in [3.05, 3.63) is 94.2 Å². The zero-order chi connectivity index (χ0) is 24.4. The highest BCUT2D eigenvalue weighted by Crippen LogP contribution is 2.30. The van der Waals surface area contributed by atoms with Gasteiger partial charge in [0.2, 0.25) is 0 Å². The monoisotopic (exact) mass is 467 g/mol. The Kier molecular flexibility index (Phi) is 6.27. The molecule has 0 fully saturated rings. The molecule has 5 rings (SSSR count). The minimum Gasteiger partial charge on any atom is -0.497 e. The van der Waals surface area contributed by atoms with E-state index in [2.05, 4.69) is 81.5 Å². The van der Waals surface area contributed by atoms with Crippen LogP contribution in [-0.2, 0) is 19.4 Å². The molecule has 8 heteroatoms. The van der Waals surface area contributed by atoms with Crippen molar-refractivity contribution >= 4 is 11.2 Å². The first-order valence-electron chi connectivity index (χ1n) is 11.8. The molecule has 0 saturated heterocycles. The first kappa shape index (κ1) is 22.7. The lowest BCUT2D eigenvalue weighted by Crippen LogP contribution is -2.08. The van der Waals surface area contributed by atoms with Gasteiger partial charge in [0.05, 0.1) is 13.7 Å². The van der Waals surface area contributed by atoms with Gasteiger partial charge >= 0.3 is 0 Å². The van der Waals surface area contributed by atoms with Crippen molar-refractivity contribution in [2.75, 3.05) is 7.11 Å². The summed E-state index contributed by atoms with van der Waals surface area (Å²) in [5, 5.41) is 14.6. The predicted molar refractivity (Wildman–Crippen MR) is 135 cm³/mol. The lowest BCUT2D eigenvalue weighted by atomic mass is 9.88. The van der Waals surface area contributed by atoms with Gasteiger partial charge in [0, 0.05) is 24.5 Å². The van der Waals surface area contributed by atoms with E-state index in [4.69, 9.17) is 14.7 Å². The van der Waals surface area contributed by atoms with E-state index in [0.29, 0.717) is 12.2 Å². The molecule has 0 bridgehead atoms. The maximum Gasteiger partial charge on any atom is 0.175 e. The van der Waals surface area contributed by atoms with E-state index in [9.17, 15) is 0 Å². The zero-order valence-corrected chi connectivity index (χ0v) is 20.5. The third kappa shape index (κ3) is 4.64. The minimum absolute atomic E-state index is 0.0970. The number of ether oxygens (including phenoxy) is 1. The summed E-state index contributed by atoms with van der Waals surface area (Å²) < 4.78 is 7.58. The Balaban J connectivity index is 1.46. The third-order valence-electron chi connectivity index (χ3n) is 6.43. The molecule has 178 valence electrons. The van der Waals surface area contributed by atoms with Gasteiger partial charge < -0.3 is 9.30 Å². The van der Waals surface area contributed by atoms with Crippen LogP contribution in [0.2, 0.25) is 0 Å². The highest BCUT2D eigenvalue weighted by atomic mass is 16.5. The van der Waals surface area contributed by atoms with Crippen molar-refractivity contribution in [3.8, 4) is 5.75 Å². The fourth-order valence-corrected chi connectivity index (χ4v) is 4.64. The highest BCUT2D eigenvalue weighted by Gasteiger charge is 2.19. The van der Waals surface area contributed by atoms with E-state index in [-0.39, 0.29) is 5.92 Å². The van der Waals surface area contributed by atoms with Gasteiger partial charge in [-0.1, -0.05) is 48.5 Å². The number of benzene rings is 2. The smallest absolute Gasteiger partial charge is 0.175 e. The van der Waals surface area contributed by atoms with Gasteiger partial charge in [-0.3, -0.25) is 0 Å². The SMILES string of the molecule is CCc1nc2c(C)cc(C)nc2n1Cc1ccc(C(Cc2nn[nH]n2)c2ccc(OC)cc2)cc1. The molecule has 5 aromatic rings. The maximum absolute atomic E-state index is 5.34. The minimum atomic E-state index is 0.0970. The van der Waals surface area contributed by atoms with E-state index >= 15 is 0 Å². The first-order valence-corrected chi connectivity index (χ1v) is 11.8. The van der Waals surface area contributed by atoms with E-state index in [1.54, 1.807) is 7.11 Å². The van der Waals surface area contributed by atoms with Gasteiger partial charge in [0.15, 0.2) is 11.5 Å². The number of aryl methyl sites for hydroxylation is 3. The van der Waals surface area contributed by atoms with Crippen LogP contribution >= 0.6 is 0 Å². The molecule has 3 aromatic heterocycles. The molecule has 1 atom stereocenters. The van der Waals surface area contributed by atoms with Crippen LogP contribution in [0.3, 0.4) is 0 Å². The topological polar surface area (TPSA) is 94.4 Å². The van der Waals surface area contributed by atoms with Gasteiger partial charge in [-0.05, 0) is 54.3 Å². The zero-order valence-electron chi connectivity index (χ0n) is 20.5. The predicted octanol–water partition coefficient (Wildman–Crippen LogP) is 4.56. The summed E-state index contributed by atoms with van der Waals surface area (Å²) in [5.41, 5.74) is 7.70. The van der Waals surface area contributed by atoms with Crippen LogP contribution in [0, 0.1) is 13.8 Å². The molecule has 8 nitrogen and oxygen atoms in total. The Morgan fingerprint density at radius 3 is 2.31 bits per heavy atom. The highest BCUT2D eigenvalue weighted by molar-refractivity contribution is 5.76. The molecule has 0 aliphatic rings. The van der Waals surface area contributed by atoms with Gasteiger partial charge in [0.1, 0.15) is 17.1 Å². The molecule has 0 saturated carbocycles. The standard InChI is InChI=1S/C27H29N7O/c1-5-25-29-26-17(2)14-18(3)28-27(26)34(25)16-19-6-8-20(9-7-19)23(15-24-30-32-33-31-24)21-10-12-22(35-4)13-11-21/h6-14,23H,5,15-16H2,1-4H3,(H,30,31,32,33). The summed E-state index contributed by atoms with van der Waals surface area (Å²) in [5.74, 6) is 2.67. The number of tetrazole rings is 1. The number of hydrogen-bond acceptors (Lipinski definition) is 6. The fourth-order valence-electron chi connectivity index (χ4n) is 4.64. The molecule has 3 heterocycles. The fraction of sp³-hybridized carbons (Fsp3) is 0.296. The number of H-pyrrole nitrogens is 1. The largest absolute Gasteiger partial charge is 0.497 e. The number of nitrogens with zero attached hydrogens (tertiary/aromatic N) is 6. The molecular formula is C27H29N7O. The summed E-state index contributed by atoms with van der Waals surface area (Å²) in [6.45, 7) is 7.01. The van der Waals surface area contributed by atoms with Gasteiger partial charge in [-0.15, -0.1) is 10.2 Å². The number of hydrogen-bond donors (Lipinski definition) is 1. The molecule has 0 spiro atoms. The number of imidazole rings is 1. The number of aromatic nitrogens is 7. The number of nitrogens with one attached hydrogen (secondary N) is 1. The van der Waals surface area contributed by atoms with Gasteiger partial charge in [0.25, 0.3) is 0 Å². The molecule has 0 radical (unpaired) electrons. The summed E-state index contributed by atoms with van der Waals surface area (Å²) in [4.78, 5) is 9.69. The van der Waals surface area contributed by atoms with Crippen LogP contribution < -0.4 is 4.74 Å². The second-order valence-corrected chi connectivity index (χ2v) is 8.82. The quantitative estimate of drug-likeness (QED) is 0.360. The van der Waals surface area contributed by atoms with Crippen molar-refractivity contribution in [1.29, 1.82) is 0 Å². The van der Waals surface area contributed by atoms with Crippen LogP contribution in [0.1, 0.15) is 52.4 Å². The second kappa shape index (κ2) is 9.66. The van der Waals surface area contributed by atoms with E-state index < -0.39 is 0 Å². The number of pyridine rings is 1. The molecule has 35 heavy (non-hydrogen) atoms. The average Bonchev–Trinajstić information content (AvgIpc) is 3.51. The normalized spacial score (nSPS) is 12.2. The molecule has 0 aliphatic carbocycles. The Morgan fingerprint density at radius 2 is 1.69 bits per heavy atom. The lowest BCUT2D eigenvalue weighted by molar-refractivity contribution is 0.414. The van der Waals surface area contributed by atoms with E-state index in [1.807, 2.05) is 19.1 Å². The average molecular weight is 468 g/mol. The van der Waals surface area contributed by atoms with Crippen molar-refractivity contribution in [2.24, 2.45) is 0 Å². The molecular weight excluding hydrogens is 438 g/mol. The van der Waals surface area contributed by atoms with Crippen molar-refractivity contribution in [2.45, 2.75) is 46.1 Å². The van der Waals surface area contributed by atoms with E-state index in [0.717, 1.165) is 41.4 Å². The van der Waals surface area contributed by atoms with Gasteiger partial charge in [-0.2, -0.15) is 5.21 Å². The maximum atomic E-state index is 5.34. The Bertz CT molecular complexity index is 1420. The lowest BCUT2D eigenvalue weighted by Gasteiger charge is -2.18.